The zero-order chi connectivity index (χ0) is 29.5. The summed E-state index contributed by atoms with van der Waals surface area (Å²) in [5.41, 5.74) is 12.3. The van der Waals surface area contributed by atoms with E-state index in [2.05, 4.69) is 16.0 Å². The van der Waals surface area contributed by atoms with Gasteiger partial charge in [0, 0.05) is 6.42 Å². The number of carboxylic acid groups (broad SMARTS) is 2. The van der Waals surface area contributed by atoms with Crippen molar-refractivity contribution in [3.63, 3.8) is 0 Å². The minimum absolute atomic E-state index is 0.0496. The Kier molecular flexibility index (Phi) is 14.5. The minimum atomic E-state index is -1.35. The number of phenolic OH excluding ortho intramolecular Hbond substituents is 1. The van der Waals surface area contributed by atoms with Gasteiger partial charge in [-0.15, -0.1) is 0 Å². The maximum Gasteiger partial charge on any atom is 0.326 e. The van der Waals surface area contributed by atoms with Crippen LogP contribution in [0, 0.1) is 5.92 Å². The highest BCUT2D eigenvalue weighted by Crippen LogP contribution is 2.12. The minimum Gasteiger partial charge on any atom is -0.508 e. The molecule has 0 aliphatic rings. The fourth-order valence-electron chi connectivity index (χ4n) is 3.79. The highest BCUT2D eigenvalue weighted by molar-refractivity contribution is 5.94. The van der Waals surface area contributed by atoms with E-state index in [4.69, 9.17) is 16.6 Å². The number of nitrogens with one attached hydrogen (secondary N) is 3. The monoisotopic (exact) mass is 551 g/mol. The number of carboxylic acids is 2. The summed E-state index contributed by atoms with van der Waals surface area (Å²) in [7, 11) is 0. The van der Waals surface area contributed by atoms with Gasteiger partial charge in [-0.05, 0) is 68.7 Å². The number of amides is 3. The van der Waals surface area contributed by atoms with E-state index in [1.807, 2.05) is 0 Å². The molecule has 0 aliphatic heterocycles. The summed E-state index contributed by atoms with van der Waals surface area (Å²) in [6, 6.07) is 1.47. The fraction of sp³-hybridized carbons (Fsp3) is 0.577. The molecule has 0 saturated carbocycles. The molecule has 0 bridgehead atoms. The van der Waals surface area contributed by atoms with Crippen LogP contribution in [0.1, 0.15) is 57.9 Å². The van der Waals surface area contributed by atoms with Gasteiger partial charge >= 0.3 is 11.9 Å². The van der Waals surface area contributed by atoms with Crippen molar-refractivity contribution >= 4 is 29.7 Å². The van der Waals surface area contributed by atoms with Gasteiger partial charge in [0.05, 0.1) is 6.04 Å². The molecule has 13 nitrogen and oxygen atoms in total. The first-order valence-electron chi connectivity index (χ1n) is 12.9. The van der Waals surface area contributed by atoms with E-state index in [9.17, 15) is 34.2 Å². The fourth-order valence-corrected chi connectivity index (χ4v) is 3.79. The Morgan fingerprint density at radius 3 is 1.87 bits per heavy atom. The SMILES string of the molecule is CC(C)CC(NC(=O)C(CCC(=O)O)NC(=O)C(CCCCN)NC(=O)C(N)Cc1ccc(O)cc1)C(=O)O. The first-order valence-corrected chi connectivity index (χ1v) is 12.9. The summed E-state index contributed by atoms with van der Waals surface area (Å²) in [6.07, 6.45) is 0.754. The molecule has 10 N–H and O–H groups in total. The summed E-state index contributed by atoms with van der Waals surface area (Å²) in [5.74, 6) is -4.64. The van der Waals surface area contributed by atoms with E-state index in [0.29, 0.717) is 24.9 Å². The molecule has 0 heterocycles. The van der Waals surface area contributed by atoms with Crippen molar-refractivity contribution in [2.75, 3.05) is 6.54 Å². The average Bonchev–Trinajstić information content (AvgIpc) is 2.86. The van der Waals surface area contributed by atoms with Crippen LogP contribution in [0.25, 0.3) is 0 Å². The lowest BCUT2D eigenvalue weighted by Gasteiger charge is -2.25. The van der Waals surface area contributed by atoms with Crippen molar-refractivity contribution in [2.24, 2.45) is 17.4 Å². The van der Waals surface area contributed by atoms with Gasteiger partial charge in [-0.25, -0.2) is 4.79 Å². The third-order valence-electron chi connectivity index (χ3n) is 5.91. The van der Waals surface area contributed by atoms with Gasteiger partial charge in [0.25, 0.3) is 0 Å². The predicted molar refractivity (Wildman–Crippen MR) is 142 cm³/mol. The Bertz CT molecular complexity index is 970. The van der Waals surface area contributed by atoms with Crippen molar-refractivity contribution in [3.8, 4) is 5.75 Å². The summed E-state index contributed by atoms with van der Waals surface area (Å²) >= 11 is 0. The second kappa shape index (κ2) is 17.0. The smallest absolute Gasteiger partial charge is 0.326 e. The number of rotatable bonds is 18. The van der Waals surface area contributed by atoms with E-state index < -0.39 is 60.2 Å². The molecule has 13 heteroatoms. The van der Waals surface area contributed by atoms with E-state index in [1.54, 1.807) is 26.0 Å². The first-order chi connectivity index (χ1) is 18.3. The van der Waals surface area contributed by atoms with E-state index in [0.717, 1.165) is 0 Å². The number of carbonyl (C=O) groups excluding carboxylic acids is 3. The van der Waals surface area contributed by atoms with Crippen LogP contribution in [0.2, 0.25) is 0 Å². The third-order valence-corrected chi connectivity index (χ3v) is 5.91. The van der Waals surface area contributed by atoms with Gasteiger partial charge in [0.1, 0.15) is 23.9 Å². The number of aliphatic carboxylic acids is 2. The maximum absolute atomic E-state index is 13.2. The third kappa shape index (κ3) is 13.1. The topological polar surface area (TPSA) is 234 Å². The molecule has 4 atom stereocenters. The lowest BCUT2D eigenvalue weighted by molar-refractivity contribution is -0.143. The molecule has 1 aromatic carbocycles. The Morgan fingerprint density at radius 1 is 0.821 bits per heavy atom. The van der Waals surface area contributed by atoms with Crippen LogP contribution in [0.5, 0.6) is 5.75 Å². The zero-order valence-electron chi connectivity index (χ0n) is 22.4. The van der Waals surface area contributed by atoms with Gasteiger partial charge in [-0.1, -0.05) is 26.0 Å². The van der Waals surface area contributed by atoms with Gasteiger partial charge in [0.15, 0.2) is 0 Å². The van der Waals surface area contributed by atoms with Crippen molar-refractivity contribution in [3.05, 3.63) is 29.8 Å². The van der Waals surface area contributed by atoms with Crippen LogP contribution in [0.3, 0.4) is 0 Å². The van der Waals surface area contributed by atoms with E-state index in [1.165, 1.54) is 12.1 Å². The number of hydrogen-bond acceptors (Lipinski definition) is 8. The van der Waals surface area contributed by atoms with Crippen molar-refractivity contribution < 1.29 is 39.3 Å². The van der Waals surface area contributed by atoms with Crippen LogP contribution in [0.4, 0.5) is 0 Å². The standard InChI is InChI=1S/C26H41N5O8/c1-15(2)13-21(26(38)39)31-25(37)20(10-11-22(33)34)30-24(36)19(5-3-4-12-27)29-23(35)18(28)14-16-6-8-17(32)9-7-16/h6-9,15,18-21,32H,3-5,10-14,27-28H2,1-2H3,(H,29,35)(H,30,36)(H,31,37)(H,33,34)(H,38,39). The highest BCUT2D eigenvalue weighted by atomic mass is 16.4. The number of benzene rings is 1. The molecule has 3 amide bonds. The van der Waals surface area contributed by atoms with Gasteiger partial charge < -0.3 is 42.7 Å². The van der Waals surface area contributed by atoms with Crippen molar-refractivity contribution in [1.29, 1.82) is 0 Å². The molecule has 4 unspecified atom stereocenters. The number of aromatic hydroxyl groups is 1. The molecular weight excluding hydrogens is 510 g/mol. The highest BCUT2D eigenvalue weighted by Gasteiger charge is 2.30. The van der Waals surface area contributed by atoms with Crippen LogP contribution in [-0.4, -0.2) is 75.7 Å². The maximum atomic E-state index is 13.2. The van der Waals surface area contributed by atoms with Gasteiger partial charge in [-0.2, -0.15) is 0 Å². The zero-order valence-corrected chi connectivity index (χ0v) is 22.4. The molecule has 0 fully saturated rings. The number of nitrogens with two attached hydrogens (primary N) is 2. The lowest BCUT2D eigenvalue weighted by Crippen LogP contribution is -2.57. The molecule has 1 rings (SSSR count). The Morgan fingerprint density at radius 2 is 1.36 bits per heavy atom. The Labute approximate surface area is 227 Å². The van der Waals surface area contributed by atoms with Crippen LogP contribution in [0.15, 0.2) is 24.3 Å². The lowest BCUT2D eigenvalue weighted by atomic mass is 10.0. The predicted octanol–water partition coefficient (Wildman–Crippen LogP) is -0.159. The Hall–Kier alpha value is -3.71. The van der Waals surface area contributed by atoms with Crippen LogP contribution in [-0.2, 0) is 30.4 Å². The van der Waals surface area contributed by atoms with E-state index in [-0.39, 0.29) is 37.4 Å². The number of hydrogen-bond donors (Lipinski definition) is 8. The normalized spacial score (nSPS) is 14.1. The summed E-state index contributed by atoms with van der Waals surface area (Å²) in [4.78, 5) is 61.6. The number of carbonyl (C=O) groups is 5. The molecule has 0 spiro atoms. The van der Waals surface area contributed by atoms with E-state index >= 15 is 0 Å². The van der Waals surface area contributed by atoms with Crippen LogP contribution >= 0.6 is 0 Å². The second-order valence-electron chi connectivity index (χ2n) is 9.85. The number of phenols is 1. The molecule has 0 aliphatic carbocycles. The van der Waals surface area contributed by atoms with Gasteiger partial charge in [0.2, 0.25) is 17.7 Å². The molecular formula is C26H41N5O8. The quantitative estimate of drug-likeness (QED) is 0.112. The largest absolute Gasteiger partial charge is 0.508 e. The summed E-state index contributed by atoms with van der Waals surface area (Å²) in [5, 5.41) is 35.4. The summed E-state index contributed by atoms with van der Waals surface area (Å²) in [6.45, 7) is 3.93. The average molecular weight is 552 g/mol. The molecule has 218 valence electrons. The molecule has 1 aromatic rings. The van der Waals surface area contributed by atoms with Gasteiger partial charge in [-0.3, -0.25) is 19.2 Å². The number of unbranched alkanes of at least 4 members (excludes halogenated alkanes) is 1. The van der Waals surface area contributed by atoms with Crippen LogP contribution < -0.4 is 27.4 Å². The molecule has 39 heavy (non-hydrogen) atoms. The first kappa shape index (κ1) is 33.3. The summed E-state index contributed by atoms with van der Waals surface area (Å²) < 4.78 is 0. The van der Waals surface area contributed by atoms with Crippen molar-refractivity contribution in [2.45, 2.75) is 83.0 Å². The molecule has 0 aromatic heterocycles. The molecule has 0 saturated heterocycles. The molecule has 0 radical (unpaired) electrons. The van der Waals surface area contributed by atoms with Crippen molar-refractivity contribution in [1.82, 2.24) is 16.0 Å². The second-order valence-corrected chi connectivity index (χ2v) is 9.85. The Balaban J connectivity index is 3.01.